The van der Waals surface area contributed by atoms with Crippen LogP contribution in [0.2, 0.25) is 0 Å². The van der Waals surface area contributed by atoms with Crippen molar-refractivity contribution in [1.82, 2.24) is 9.55 Å². The highest BCUT2D eigenvalue weighted by molar-refractivity contribution is 7.91. The van der Waals surface area contributed by atoms with Crippen LogP contribution in [0, 0.1) is 0 Å². The minimum absolute atomic E-state index is 0.280. The Morgan fingerprint density at radius 1 is 1.33 bits per heavy atom. The molecule has 1 N–H and O–H groups in total. The molecule has 0 aliphatic carbocycles. The lowest BCUT2D eigenvalue weighted by Gasteiger charge is -2.20. The molecule has 5 nitrogen and oxygen atoms in total. The van der Waals surface area contributed by atoms with Crippen molar-refractivity contribution in [2.75, 3.05) is 5.75 Å². The van der Waals surface area contributed by atoms with E-state index >= 15 is 0 Å². The molecule has 3 rings (SSSR count). The average molecular weight is 270 g/mol. The second-order valence-electron chi connectivity index (χ2n) is 5.28. The largest absolute Gasteiger partial charge is 0.391 e. The quantitative estimate of drug-likeness (QED) is 0.820. The Morgan fingerprint density at radius 3 is 2.94 bits per heavy atom. The van der Waals surface area contributed by atoms with E-state index in [4.69, 9.17) is 0 Å². The van der Waals surface area contributed by atoms with Gasteiger partial charge in [0.15, 0.2) is 9.84 Å². The fourth-order valence-corrected chi connectivity index (χ4v) is 4.79. The number of hydrogen-bond acceptors (Lipinski definition) is 4. The molecule has 2 unspecified atom stereocenters. The minimum atomic E-state index is -3.03. The summed E-state index contributed by atoms with van der Waals surface area (Å²) >= 11 is 0. The van der Waals surface area contributed by atoms with Crippen molar-refractivity contribution in [2.24, 2.45) is 0 Å². The fourth-order valence-electron chi connectivity index (χ4n) is 2.89. The Kier molecular flexibility index (Phi) is 2.94. The van der Waals surface area contributed by atoms with Crippen LogP contribution in [-0.2, 0) is 22.8 Å². The van der Waals surface area contributed by atoms with Crippen LogP contribution in [0.25, 0.3) is 0 Å². The van der Waals surface area contributed by atoms with E-state index in [1.54, 1.807) is 0 Å². The number of imidazole rings is 1. The third-order valence-corrected chi connectivity index (χ3v) is 6.10. The number of sulfone groups is 1. The maximum absolute atomic E-state index is 12.1. The van der Waals surface area contributed by atoms with Crippen molar-refractivity contribution >= 4 is 9.84 Å². The van der Waals surface area contributed by atoms with Crippen molar-refractivity contribution in [3.63, 3.8) is 0 Å². The summed E-state index contributed by atoms with van der Waals surface area (Å²) in [6.45, 7) is 0.537. The maximum atomic E-state index is 12.1. The molecule has 0 aromatic carbocycles. The van der Waals surface area contributed by atoms with Crippen LogP contribution in [0.5, 0.6) is 0 Å². The molecule has 2 aliphatic heterocycles. The second-order valence-corrected chi connectivity index (χ2v) is 7.58. The first-order valence-electron chi connectivity index (χ1n) is 6.52. The molecule has 0 amide bonds. The van der Waals surface area contributed by atoms with Crippen molar-refractivity contribution in [3.8, 4) is 0 Å². The van der Waals surface area contributed by atoms with E-state index in [0.29, 0.717) is 25.1 Å². The molecule has 0 radical (unpaired) electrons. The highest BCUT2D eigenvalue weighted by Crippen LogP contribution is 2.33. The van der Waals surface area contributed by atoms with Gasteiger partial charge in [0.05, 0.1) is 17.6 Å². The first-order valence-corrected chi connectivity index (χ1v) is 8.23. The van der Waals surface area contributed by atoms with Crippen LogP contribution in [0.1, 0.15) is 42.5 Å². The molecule has 0 spiro atoms. The SMILES string of the molecule is O=S1(=O)CCCCC1c1cn2c(n1)CCC(O)C2. The molecular formula is C12H18N2O3S. The molecule has 1 saturated heterocycles. The predicted molar refractivity (Wildman–Crippen MR) is 66.9 cm³/mol. The zero-order valence-corrected chi connectivity index (χ0v) is 11.1. The van der Waals surface area contributed by atoms with Gasteiger partial charge in [0, 0.05) is 19.2 Å². The third kappa shape index (κ3) is 2.07. The summed E-state index contributed by atoms with van der Waals surface area (Å²) in [5, 5.41) is 9.18. The van der Waals surface area contributed by atoms with Gasteiger partial charge in [-0.1, -0.05) is 6.42 Å². The maximum Gasteiger partial charge on any atom is 0.158 e. The van der Waals surface area contributed by atoms with Crippen LogP contribution in [0.4, 0.5) is 0 Å². The Labute approximate surface area is 107 Å². The number of aliphatic hydroxyl groups is 1. The first kappa shape index (κ1) is 12.2. The van der Waals surface area contributed by atoms with E-state index in [1.165, 1.54) is 0 Å². The molecular weight excluding hydrogens is 252 g/mol. The van der Waals surface area contributed by atoms with Crippen molar-refractivity contribution < 1.29 is 13.5 Å². The molecule has 1 fully saturated rings. The number of fused-ring (bicyclic) bond motifs is 1. The summed E-state index contributed by atoms with van der Waals surface area (Å²) in [5.41, 5.74) is 0.679. The number of nitrogens with zero attached hydrogens (tertiary/aromatic N) is 2. The number of aryl methyl sites for hydroxylation is 1. The summed E-state index contributed by atoms with van der Waals surface area (Å²) < 4.78 is 26.0. The lowest BCUT2D eigenvalue weighted by atomic mass is 10.1. The Morgan fingerprint density at radius 2 is 2.17 bits per heavy atom. The minimum Gasteiger partial charge on any atom is -0.391 e. The molecule has 3 heterocycles. The van der Waals surface area contributed by atoms with Crippen LogP contribution >= 0.6 is 0 Å². The highest BCUT2D eigenvalue weighted by atomic mass is 32.2. The molecule has 0 saturated carbocycles. The second kappa shape index (κ2) is 4.35. The van der Waals surface area contributed by atoms with E-state index in [-0.39, 0.29) is 11.9 Å². The monoisotopic (exact) mass is 270 g/mol. The van der Waals surface area contributed by atoms with Gasteiger partial charge in [-0.15, -0.1) is 0 Å². The molecule has 6 heteroatoms. The first-order chi connectivity index (χ1) is 8.56. The lowest BCUT2D eigenvalue weighted by Crippen LogP contribution is -2.23. The fraction of sp³-hybridized carbons (Fsp3) is 0.750. The van der Waals surface area contributed by atoms with Crippen LogP contribution in [0.15, 0.2) is 6.20 Å². The molecule has 1 aromatic rings. The van der Waals surface area contributed by atoms with Crippen LogP contribution in [-0.4, -0.2) is 34.9 Å². The third-order valence-electron chi connectivity index (χ3n) is 3.89. The van der Waals surface area contributed by atoms with Gasteiger partial charge in [-0.2, -0.15) is 0 Å². The summed E-state index contributed by atoms with van der Waals surface area (Å²) in [6.07, 6.45) is 5.34. The summed E-state index contributed by atoms with van der Waals surface area (Å²) in [6, 6.07) is 0. The van der Waals surface area contributed by atoms with Gasteiger partial charge in [0.2, 0.25) is 0 Å². The van der Waals surface area contributed by atoms with Gasteiger partial charge >= 0.3 is 0 Å². The Hall–Kier alpha value is -0.880. The smallest absolute Gasteiger partial charge is 0.158 e. The van der Waals surface area contributed by atoms with Crippen molar-refractivity contribution in [3.05, 3.63) is 17.7 Å². The van der Waals surface area contributed by atoms with Gasteiger partial charge in [-0.3, -0.25) is 0 Å². The zero-order valence-electron chi connectivity index (χ0n) is 10.2. The van der Waals surface area contributed by atoms with Gasteiger partial charge < -0.3 is 9.67 Å². The predicted octanol–water partition coefficient (Wildman–Crippen LogP) is 0.830. The number of rotatable bonds is 1. The highest BCUT2D eigenvalue weighted by Gasteiger charge is 2.33. The normalized spacial score (nSPS) is 30.9. The number of aromatic nitrogens is 2. The standard InChI is InChI=1S/C12H18N2O3S/c15-9-4-5-12-13-10(8-14(12)7-9)11-3-1-2-6-18(11,16)17/h8-9,11,15H,1-7H2. The summed E-state index contributed by atoms with van der Waals surface area (Å²) in [5.74, 6) is 1.19. The van der Waals surface area contributed by atoms with Crippen LogP contribution < -0.4 is 0 Å². The molecule has 2 aliphatic rings. The Bertz CT molecular complexity index is 550. The molecule has 0 bridgehead atoms. The van der Waals surface area contributed by atoms with Crippen molar-refractivity contribution in [2.45, 2.75) is 50.0 Å². The zero-order chi connectivity index (χ0) is 12.8. The average Bonchev–Trinajstić information content (AvgIpc) is 2.70. The van der Waals surface area contributed by atoms with Gasteiger partial charge in [-0.05, 0) is 19.3 Å². The van der Waals surface area contributed by atoms with E-state index in [2.05, 4.69) is 4.98 Å². The molecule has 18 heavy (non-hydrogen) atoms. The lowest BCUT2D eigenvalue weighted by molar-refractivity contribution is 0.130. The van der Waals surface area contributed by atoms with E-state index < -0.39 is 15.1 Å². The van der Waals surface area contributed by atoms with E-state index in [1.807, 2.05) is 10.8 Å². The van der Waals surface area contributed by atoms with Gasteiger partial charge in [0.25, 0.3) is 0 Å². The topological polar surface area (TPSA) is 72.2 Å². The summed E-state index contributed by atoms with van der Waals surface area (Å²) in [4.78, 5) is 4.48. The Balaban J connectivity index is 1.93. The number of aliphatic hydroxyl groups excluding tert-OH is 1. The molecule has 2 atom stereocenters. The molecule has 100 valence electrons. The van der Waals surface area contributed by atoms with E-state index in [0.717, 1.165) is 25.1 Å². The number of hydrogen-bond donors (Lipinski definition) is 1. The van der Waals surface area contributed by atoms with Crippen molar-refractivity contribution in [1.29, 1.82) is 0 Å². The van der Waals surface area contributed by atoms with Crippen LogP contribution in [0.3, 0.4) is 0 Å². The molecule has 1 aromatic heterocycles. The van der Waals surface area contributed by atoms with Gasteiger partial charge in [-0.25, -0.2) is 13.4 Å². The van der Waals surface area contributed by atoms with Gasteiger partial charge in [0.1, 0.15) is 11.1 Å². The summed E-state index contributed by atoms with van der Waals surface area (Å²) in [7, 11) is -3.03. The van der Waals surface area contributed by atoms with E-state index in [9.17, 15) is 13.5 Å².